The number of rotatable bonds is 1. The van der Waals surface area contributed by atoms with Crippen molar-refractivity contribution in [1.29, 1.82) is 0 Å². The Morgan fingerprint density at radius 2 is 1.63 bits per heavy atom. The third kappa shape index (κ3) is 10.4. The number of halogens is 3. The average Bonchev–Trinajstić information content (AvgIpc) is 2.77. The zero-order valence-electron chi connectivity index (χ0n) is 16.8. The highest BCUT2D eigenvalue weighted by Crippen LogP contribution is 2.34. The van der Waals surface area contributed by atoms with Crippen molar-refractivity contribution in [3.8, 4) is 0 Å². The van der Waals surface area contributed by atoms with Crippen LogP contribution in [0.25, 0.3) is 0 Å². The molecule has 0 aromatic rings. The number of aliphatic hydroxyl groups is 1. The maximum atomic E-state index is 12.2. The second-order valence-corrected chi connectivity index (χ2v) is 7.53. The molecule has 3 aliphatic rings. The number of fused-ring (bicyclic) bond motifs is 4. The zero-order chi connectivity index (χ0) is 21.4. The van der Waals surface area contributed by atoms with Crippen molar-refractivity contribution >= 4 is 12.0 Å². The Bertz CT molecular complexity index is 478. The van der Waals surface area contributed by atoms with E-state index in [0.29, 0.717) is 19.4 Å². The molecule has 3 atom stereocenters. The van der Waals surface area contributed by atoms with Gasteiger partial charge in [0.15, 0.2) is 0 Å². The lowest BCUT2D eigenvalue weighted by Crippen LogP contribution is -2.50. The highest BCUT2D eigenvalue weighted by Gasteiger charge is 2.42. The lowest BCUT2D eigenvalue weighted by atomic mass is 9.94. The molecule has 160 valence electrons. The summed E-state index contributed by atoms with van der Waals surface area (Å²) in [4.78, 5) is 22.9. The van der Waals surface area contributed by atoms with Crippen LogP contribution >= 0.6 is 0 Å². The fourth-order valence-electron chi connectivity index (χ4n) is 3.16. The number of aliphatic hydroxyl groups excluding tert-OH is 1. The highest BCUT2D eigenvalue weighted by atomic mass is 19.4. The largest absolute Gasteiger partial charge is 0.444 e. The normalized spacial score (nSPS) is 24.6. The summed E-state index contributed by atoms with van der Waals surface area (Å²) in [5, 5.41) is 9.82. The van der Waals surface area contributed by atoms with E-state index >= 15 is 0 Å². The molecule has 0 aromatic heterocycles. The minimum atomic E-state index is -4.46. The molecule has 3 fully saturated rings. The smallest absolute Gasteiger partial charge is 0.405 e. The quantitative estimate of drug-likeness (QED) is 0.706. The molecule has 2 bridgehead atoms. The van der Waals surface area contributed by atoms with E-state index in [1.807, 2.05) is 13.8 Å². The van der Waals surface area contributed by atoms with Gasteiger partial charge in [0.2, 0.25) is 5.91 Å². The van der Waals surface area contributed by atoms with Crippen LogP contribution in [0.2, 0.25) is 0 Å². The van der Waals surface area contributed by atoms with Crippen molar-refractivity contribution in [2.45, 2.75) is 90.6 Å². The molecule has 27 heavy (non-hydrogen) atoms. The standard InChI is InChI=1S/C11H16F3NO2.C5H11NO2.C2H6/c12-11(13,14)5-10(17)15-6-7-1-3-8(15)9(16)4-2-7;1-5(2,3)8-4(6)7;1-2/h7-9,16H,1-6H2;1-3H3,(H2,6,7);1-2H3/t7?,8?,9-;;/m0../s1. The Kier molecular flexibility index (Phi) is 10.1. The highest BCUT2D eigenvalue weighted by molar-refractivity contribution is 5.77. The van der Waals surface area contributed by atoms with E-state index in [9.17, 15) is 27.9 Å². The molecule has 0 radical (unpaired) electrons. The fourth-order valence-corrected chi connectivity index (χ4v) is 3.16. The molecule has 3 N–H and O–H groups in total. The van der Waals surface area contributed by atoms with Gasteiger partial charge in [0.25, 0.3) is 0 Å². The van der Waals surface area contributed by atoms with Crippen LogP contribution in [0.3, 0.4) is 0 Å². The first kappa shape index (κ1) is 25.5. The summed E-state index contributed by atoms with van der Waals surface area (Å²) in [5.41, 5.74) is 4.26. The molecule has 1 aliphatic carbocycles. The first-order chi connectivity index (χ1) is 12.3. The van der Waals surface area contributed by atoms with Crippen LogP contribution in [0.5, 0.6) is 0 Å². The first-order valence-corrected chi connectivity index (χ1v) is 9.31. The molecular formula is C18H33F3N2O4. The Morgan fingerprint density at radius 1 is 1.11 bits per heavy atom. The fraction of sp³-hybridized carbons (Fsp3) is 0.889. The number of nitrogens with zero attached hydrogens (tertiary/aromatic N) is 1. The third-order valence-corrected chi connectivity index (χ3v) is 4.12. The number of piperidine rings is 1. The van der Waals surface area contributed by atoms with Crippen molar-refractivity contribution in [3.05, 3.63) is 0 Å². The summed E-state index contributed by atoms with van der Waals surface area (Å²) in [6, 6.07) is -0.413. The maximum Gasteiger partial charge on any atom is 0.405 e. The second-order valence-electron chi connectivity index (χ2n) is 7.53. The molecule has 9 heteroatoms. The summed E-state index contributed by atoms with van der Waals surface area (Å²) >= 11 is 0. The van der Waals surface area contributed by atoms with Crippen molar-refractivity contribution < 1.29 is 32.6 Å². The van der Waals surface area contributed by atoms with Crippen LogP contribution in [-0.4, -0.2) is 52.5 Å². The Hall–Kier alpha value is -1.51. The summed E-state index contributed by atoms with van der Waals surface area (Å²) in [5.74, 6) is -0.645. The van der Waals surface area contributed by atoms with E-state index in [0.717, 1.165) is 12.8 Å². The van der Waals surface area contributed by atoms with Crippen LogP contribution in [0, 0.1) is 5.92 Å². The SMILES string of the molecule is CC.CC(C)(C)OC(N)=O.O=C(CC(F)(F)F)N1CC2CCC1[C@@H](O)CC2. The van der Waals surface area contributed by atoms with Crippen LogP contribution in [0.15, 0.2) is 0 Å². The molecule has 3 rings (SSSR count). The van der Waals surface area contributed by atoms with Gasteiger partial charge in [-0.05, 0) is 52.4 Å². The van der Waals surface area contributed by atoms with E-state index in [-0.39, 0.29) is 5.92 Å². The van der Waals surface area contributed by atoms with Gasteiger partial charge < -0.3 is 20.5 Å². The topological polar surface area (TPSA) is 92.9 Å². The van der Waals surface area contributed by atoms with E-state index in [4.69, 9.17) is 5.73 Å². The van der Waals surface area contributed by atoms with Crippen LogP contribution in [0.4, 0.5) is 18.0 Å². The number of carbonyl (C=O) groups is 2. The average molecular weight is 398 g/mol. The number of alkyl halides is 3. The predicted molar refractivity (Wildman–Crippen MR) is 95.9 cm³/mol. The molecule has 0 aromatic carbocycles. The van der Waals surface area contributed by atoms with Crippen molar-refractivity contribution in [2.24, 2.45) is 11.7 Å². The van der Waals surface area contributed by atoms with Gasteiger partial charge in [-0.1, -0.05) is 13.8 Å². The van der Waals surface area contributed by atoms with Crippen molar-refractivity contribution in [2.75, 3.05) is 6.54 Å². The minimum absolute atomic E-state index is 0.251. The predicted octanol–water partition coefficient (Wildman–Crippen LogP) is 3.61. The number of ether oxygens (including phenoxy) is 1. The second kappa shape index (κ2) is 10.7. The van der Waals surface area contributed by atoms with Crippen LogP contribution in [-0.2, 0) is 9.53 Å². The summed E-state index contributed by atoms with van der Waals surface area (Å²) < 4.78 is 41.2. The molecule has 2 saturated heterocycles. The minimum Gasteiger partial charge on any atom is -0.444 e. The van der Waals surface area contributed by atoms with Gasteiger partial charge in [-0.25, -0.2) is 4.79 Å². The van der Waals surface area contributed by atoms with Crippen molar-refractivity contribution in [3.63, 3.8) is 0 Å². The summed E-state index contributed by atoms with van der Waals surface area (Å²) in [7, 11) is 0. The van der Waals surface area contributed by atoms with Gasteiger partial charge >= 0.3 is 12.3 Å². The van der Waals surface area contributed by atoms with Crippen LogP contribution < -0.4 is 5.73 Å². The van der Waals surface area contributed by atoms with Gasteiger partial charge in [-0.2, -0.15) is 13.2 Å². The monoisotopic (exact) mass is 398 g/mol. The van der Waals surface area contributed by atoms with Crippen molar-refractivity contribution in [1.82, 2.24) is 4.90 Å². The summed E-state index contributed by atoms with van der Waals surface area (Å²) in [6.45, 7) is 9.66. The van der Waals surface area contributed by atoms with E-state index in [2.05, 4.69) is 4.74 Å². The first-order valence-electron chi connectivity index (χ1n) is 9.31. The van der Waals surface area contributed by atoms with Gasteiger partial charge in [-0.15, -0.1) is 0 Å². The number of primary amides is 1. The summed E-state index contributed by atoms with van der Waals surface area (Å²) in [6.07, 6.45) is -4.36. The lowest BCUT2D eigenvalue weighted by molar-refractivity contribution is -0.166. The van der Waals surface area contributed by atoms with Gasteiger partial charge in [0, 0.05) is 6.54 Å². The molecule has 1 saturated carbocycles. The van der Waals surface area contributed by atoms with Gasteiger partial charge in [0.1, 0.15) is 12.0 Å². The third-order valence-electron chi connectivity index (χ3n) is 4.12. The number of hydrogen-bond acceptors (Lipinski definition) is 4. The zero-order valence-corrected chi connectivity index (χ0v) is 16.8. The van der Waals surface area contributed by atoms with E-state index < -0.39 is 42.3 Å². The lowest BCUT2D eigenvalue weighted by Gasteiger charge is -2.38. The molecule has 2 amide bonds. The van der Waals surface area contributed by atoms with E-state index in [1.165, 1.54) is 4.90 Å². The van der Waals surface area contributed by atoms with E-state index in [1.54, 1.807) is 20.8 Å². The molecule has 2 aliphatic heterocycles. The number of amides is 2. The van der Waals surface area contributed by atoms with Gasteiger partial charge in [-0.3, -0.25) is 4.79 Å². The molecule has 6 nitrogen and oxygen atoms in total. The Balaban J connectivity index is 0.000000574. The number of carbonyl (C=O) groups excluding carboxylic acids is 2. The molecule has 2 heterocycles. The van der Waals surface area contributed by atoms with Gasteiger partial charge in [0.05, 0.1) is 12.1 Å². The molecule has 2 unspecified atom stereocenters. The van der Waals surface area contributed by atoms with Crippen LogP contribution in [0.1, 0.15) is 66.7 Å². The Morgan fingerprint density at radius 3 is 2.04 bits per heavy atom. The molecule has 0 spiro atoms. The molecular weight excluding hydrogens is 365 g/mol. The number of hydrogen-bond donors (Lipinski definition) is 2. The maximum absolute atomic E-state index is 12.2. The Labute approximate surface area is 159 Å². The number of nitrogens with two attached hydrogens (primary N) is 1.